The van der Waals surface area contributed by atoms with Gasteiger partial charge in [0.15, 0.2) is 0 Å². The fourth-order valence-electron chi connectivity index (χ4n) is 4.39. The van der Waals surface area contributed by atoms with Crippen molar-refractivity contribution in [3.8, 4) is 21.7 Å². The highest BCUT2D eigenvalue weighted by atomic mass is 35.5. The van der Waals surface area contributed by atoms with Gasteiger partial charge in [-0.1, -0.05) is 67.4 Å². The number of amides is 2. The van der Waals surface area contributed by atoms with E-state index in [1.165, 1.54) is 12.7 Å². The molecule has 1 aliphatic rings. The van der Waals surface area contributed by atoms with Crippen LogP contribution in [0, 0.1) is 12.8 Å². The predicted octanol–water partition coefficient (Wildman–Crippen LogP) is 6.53. The Kier molecular flexibility index (Phi) is 8.32. The summed E-state index contributed by atoms with van der Waals surface area (Å²) in [4.78, 5) is 32.9. The predicted molar refractivity (Wildman–Crippen MR) is 145 cm³/mol. The average Bonchev–Trinajstić information content (AvgIpc) is 3.33. The highest BCUT2D eigenvalue weighted by Gasteiger charge is 2.31. The summed E-state index contributed by atoms with van der Waals surface area (Å²) in [6.07, 6.45) is 1.64. The number of aromatic nitrogens is 1. The van der Waals surface area contributed by atoms with Crippen molar-refractivity contribution in [2.75, 3.05) is 20.2 Å². The first-order valence-electron chi connectivity index (χ1n) is 12.2. The molecule has 1 saturated heterocycles. The number of esters is 1. The van der Waals surface area contributed by atoms with Crippen molar-refractivity contribution in [2.24, 2.45) is 5.92 Å². The van der Waals surface area contributed by atoms with Gasteiger partial charge in [0.25, 0.3) is 0 Å². The second kappa shape index (κ2) is 11.4. The van der Waals surface area contributed by atoms with Gasteiger partial charge in [0, 0.05) is 29.6 Å². The minimum absolute atomic E-state index is 0.0549. The molecule has 0 spiro atoms. The molecule has 0 radical (unpaired) electrons. The smallest absolute Gasteiger partial charge is 0.328 e. The number of nitrogens with zero attached hydrogens (tertiary/aromatic N) is 2. The quantitative estimate of drug-likeness (QED) is 0.371. The maximum atomic E-state index is 12.8. The van der Waals surface area contributed by atoms with Crippen LogP contribution in [0.3, 0.4) is 0 Å². The first-order valence-corrected chi connectivity index (χ1v) is 13.4. The first-order chi connectivity index (χ1) is 17.3. The molecule has 2 amide bonds. The van der Waals surface area contributed by atoms with E-state index in [-0.39, 0.29) is 17.9 Å². The van der Waals surface area contributed by atoms with Gasteiger partial charge < -0.3 is 15.0 Å². The zero-order chi connectivity index (χ0) is 25.8. The van der Waals surface area contributed by atoms with Crippen molar-refractivity contribution in [1.82, 2.24) is 15.2 Å². The molecule has 2 aromatic carbocycles. The number of nitrogens with one attached hydrogen (secondary N) is 1. The van der Waals surface area contributed by atoms with E-state index < -0.39 is 12.0 Å². The summed E-state index contributed by atoms with van der Waals surface area (Å²) in [5.41, 5.74) is 4.37. The first kappa shape index (κ1) is 26.2. The molecular formula is C28H32ClN3O3S. The van der Waals surface area contributed by atoms with Crippen LogP contribution < -0.4 is 5.32 Å². The zero-order valence-corrected chi connectivity index (χ0v) is 22.7. The molecule has 6 nitrogen and oxygen atoms in total. The SMILES string of the molecule is COC(=O)C(NC(=O)N1CCC(c2nc(-c3ccc(Cl)cc3)c(-c3ccc(C)cc3)s2)CC1)C(C)C. The molecule has 1 aliphatic heterocycles. The number of aryl methyl sites for hydroxylation is 1. The fourth-order valence-corrected chi connectivity index (χ4v) is 5.78. The molecule has 2 heterocycles. The monoisotopic (exact) mass is 525 g/mol. The minimum atomic E-state index is -0.654. The maximum Gasteiger partial charge on any atom is 0.328 e. The van der Waals surface area contributed by atoms with Crippen molar-refractivity contribution >= 4 is 34.9 Å². The molecular weight excluding hydrogens is 494 g/mol. The largest absolute Gasteiger partial charge is 0.467 e. The van der Waals surface area contributed by atoms with E-state index in [1.807, 2.05) is 38.1 Å². The molecule has 1 fully saturated rings. The third kappa shape index (κ3) is 5.90. The molecule has 190 valence electrons. The van der Waals surface area contributed by atoms with Crippen LogP contribution in [0.5, 0.6) is 0 Å². The van der Waals surface area contributed by atoms with Gasteiger partial charge in [0.2, 0.25) is 0 Å². The number of piperidine rings is 1. The molecule has 8 heteroatoms. The van der Waals surface area contributed by atoms with Gasteiger partial charge in [0.1, 0.15) is 6.04 Å². The summed E-state index contributed by atoms with van der Waals surface area (Å²) in [6.45, 7) is 7.08. The summed E-state index contributed by atoms with van der Waals surface area (Å²) in [5.74, 6) is -0.207. The van der Waals surface area contributed by atoms with Gasteiger partial charge in [-0.05, 0) is 43.4 Å². The third-order valence-corrected chi connectivity index (χ3v) is 8.13. The van der Waals surface area contributed by atoms with Crippen molar-refractivity contribution in [3.63, 3.8) is 0 Å². The van der Waals surface area contributed by atoms with Gasteiger partial charge in [-0.25, -0.2) is 14.6 Å². The Morgan fingerprint density at radius 1 is 1.06 bits per heavy atom. The number of methoxy groups -OCH3 is 1. The van der Waals surface area contributed by atoms with E-state index >= 15 is 0 Å². The van der Waals surface area contributed by atoms with Crippen molar-refractivity contribution in [2.45, 2.75) is 45.6 Å². The van der Waals surface area contributed by atoms with Crippen molar-refractivity contribution in [3.05, 3.63) is 64.1 Å². The Labute approximate surface area is 221 Å². The van der Waals surface area contributed by atoms with Crippen LogP contribution >= 0.6 is 22.9 Å². The van der Waals surface area contributed by atoms with Crippen LogP contribution in [-0.4, -0.2) is 48.1 Å². The molecule has 1 aromatic heterocycles. The molecule has 1 N–H and O–H groups in total. The molecule has 1 unspecified atom stereocenters. The van der Waals surface area contributed by atoms with Crippen molar-refractivity contribution in [1.29, 1.82) is 0 Å². The molecule has 0 bridgehead atoms. The minimum Gasteiger partial charge on any atom is -0.467 e. The average molecular weight is 526 g/mol. The number of benzene rings is 2. The summed E-state index contributed by atoms with van der Waals surface area (Å²) in [6, 6.07) is 15.5. The molecule has 36 heavy (non-hydrogen) atoms. The Balaban J connectivity index is 1.52. The highest BCUT2D eigenvalue weighted by Crippen LogP contribution is 2.41. The second-order valence-electron chi connectivity index (χ2n) is 9.56. The zero-order valence-electron chi connectivity index (χ0n) is 21.1. The standard InChI is InChI=1S/C28H32ClN3O3S/c1-17(2)23(27(33)35-4)31-28(34)32-15-13-21(14-16-32)26-30-24(19-9-11-22(29)12-10-19)25(36-26)20-7-5-18(3)6-8-20/h5-12,17,21,23H,13-16H2,1-4H3,(H,31,34). The maximum absolute atomic E-state index is 12.8. The van der Waals surface area contributed by atoms with Gasteiger partial charge >= 0.3 is 12.0 Å². The number of thiazole rings is 1. The Morgan fingerprint density at radius 3 is 2.25 bits per heavy atom. The van der Waals surface area contributed by atoms with Crippen LogP contribution in [0.25, 0.3) is 21.7 Å². The van der Waals surface area contributed by atoms with E-state index in [0.717, 1.165) is 39.5 Å². The number of hydrogen-bond acceptors (Lipinski definition) is 5. The van der Waals surface area contributed by atoms with Crippen LogP contribution in [0.2, 0.25) is 5.02 Å². The number of hydrogen-bond donors (Lipinski definition) is 1. The lowest BCUT2D eigenvalue weighted by Crippen LogP contribution is -2.52. The van der Waals surface area contributed by atoms with Gasteiger partial charge in [-0.3, -0.25) is 0 Å². The number of rotatable bonds is 6. The summed E-state index contributed by atoms with van der Waals surface area (Å²) in [7, 11) is 1.34. The second-order valence-corrected chi connectivity index (χ2v) is 11.0. The lowest BCUT2D eigenvalue weighted by molar-refractivity contribution is -0.144. The topological polar surface area (TPSA) is 71.5 Å². The van der Waals surface area contributed by atoms with E-state index in [0.29, 0.717) is 18.1 Å². The number of likely N-dealkylation sites (tertiary alicyclic amines) is 1. The normalized spacial score (nSPS) is 15.1. The van der Waals surface area contributed by atoms with Gasteiger partial charge in [-0.2, -0.15) is 0 Å². The lowest BCUT2D eigenvalue weighted by Gasteiger charge is -2.32. The van der Waals surface area contributed by atoms with Crippen LogP contribution in [0.4, 0.5) is 4.79 Å². The summed E-state index contributed by atoms with van der Waals surface area (Å²) in [5, 5.41) is 4.63. The number of carbonyl (C=O) groups is 2. The summed E-state index contributed by atoms with van der Waals surface area (Å²) >= 11 is 7.86. The number of carbonyl (C=O) groups excluding carboxylic acids is 2. The number of halogens is 1. The fraction of sp³-hybridized carbons (Fsp3) is 0.393. The Hall–Kier alpha value is -2.90. The van der Waals surface area contributed by atoms with Crippen molar-refractivity contribution < 1.29 is 14.3 Å². The van der Waals surface area contributed by atoms with E-state index in [2.05, 4.69) is 36.5 Å². The van der Waals surface area contributed by atoms with Crippen LogP contribution in [0.1, 0.15) is 43.2 Å². The highest BCUT2D eigenvalue weighted by molar-refractivity contribution is 7.15. The molecule has 3 aromatic rings. The van der Waals surface area contributed by atoms with E-state index in [4.69, 9.17) is 21.3 Å². The van der Waals surface area contributed by atoms with E-state index in [1.54, 1.807) is 16.2 Å². The van der Waals surface area contributed by atoms with E-state index in [9.17, 15) is 9.59 Å². The van der Waals surface area contributed by atoms with Gasteiger partial charge in [-0.15, -0.1) is 11.3 Å². The lowest BCUT2D eigenvalue weighted by atomic mass is 9.97. The summed E-state index contributed by atoms with van der Waals surface area (Å²) < 4.78 is 4.85. The number of urea groups is 1. The van der Waals surface area contributed by atoms with Crippen LogP contribution in [-0.2, 0) is 9.53 Å². The number of ether oxygens (including phenoxy) is 1. The molecule has 0 aliphatic carbocycles. The Bertz CT molecular complexity index is 1140. The van der Waals surface area contributed by atoms with Gasteiger partial charge in [0.05, 0.1) is 22.7 Å². The van der Waals surface area contributed by atoms with Crippen LogP contribution in [0.15, 0.2) is 48.5 Å². The molecule has 0 saturated carbocycles. The molecule has 4 rings (SSSR count). The third-order valence-electron chi connectivity index (χ3n) is 6.61. The Morgan fingerprint density at radius 2 is 1.67 bits per heavy atom. The molecule has 1 atom stereocenters.